The van der Waals surface area contributed by atoms with E-state index in [0.717, 1.165) is 32.1 Å². The summed E-state index contributed by atoms with van der Waals surface area (Å²) in [4.78, 5) is 22.8. The summed E-state index contributed by atoms with van der Waals surface area (Å²) >= 11 is 0. The SMILES string of the molecule is CCOC(=O)CCCCCCC(C)(C)C(=O)OCC. The van der Waals surface area contributed by atoms with Gasteiger partial charge in [-0.25, -0.2) is 0 Å². The summed E-state index contributed by atoms with van der Waals surface area (Å²) in [5.41, 5.74) is -0.406. The molecule has 0 aliphatic heterocycles. The molecule has 0 fully saturated rings. The average Bonchev–Trinajstić information content (AvgIpc) is 2.34. The zero-order valence-electron chi connectivity index (χ0n) is 12.8. The van der Waals surface area contributed by atoms with Crippen molar-refractivity contribution in [2.75, 3.05) is 13.2 Å². The van der Waals surface area contributed by atoms with Crippen LogP contribution in [-0.4, -0.2) is 25.2 Å². The van der Waals surface area contributed by atoms with E-state index >= 15 is 0 Å². The van der Waals surface area contributed by atoms with Crippen LogP contribution < -0.4 is 0 Å². The first-order chi connectivity index (χ1) is 8.94. The van der Waals surface area contributed by atoms with Crippen LogP contribution in [0.4, 0.5) is 0 Å². The molecule has 4 nitrogen and oxygen atoms in total. The van der Waals surface area contributed by atoms with Gasteiger partial charge in [0.25, 0.3) is 0 Å². The van der Waals surface area contributed by atoms with Crippen LogP contribution in [0, 0.1) is 5.41 Å². The first kappa shape index (κ1) is 17.9. The smallest absolute Gasteiger partial charge is 0.311 e. The topological polar surface area (TPSA) is 52.6 Å². The molecule has 0 aliphatic carbocycles. The molecule has 0 N–H and O–H groups in total. The zero-order chi connectivity index (χ0) is 14.7. The highest BCUT2D eigenvalue weighted by molar-refractivity contribution is 5.75. The Morgan fingerprint density at radius 3 is 2.05 bits per heavy atom. The Hall–Kier alpha value is -1.06. The number of rotatable bonds is 10. The molecule has 0 saturated heterocycles. The molecule has 0 saturated carbocycles. The normalized spacial score (nSPS) is 11.2. The molecule has 0 aromatic rings. The van der Waals surface area contributed by atoms with Crippen molar-refractivity contribution in [3.8, 4) is 0 Å². The molecule has 0 radical (unpaired) electrons. The van der Waals surface area contributed by atoms with Gasteiger partial charge < -0.3 is 9.47 Å². The second-order valence-corrected chi connectivity index (χ2v) is 5.32. The number of hydrogen-bond acceptors (Lipinski definition) is 4. The van der Waals surface area contributed by atoms with E-state index in [0.29, 0.717) is 19.6 Å². The zero-order valence-corrected chi connectivity index (χ0v) is 12.8. The van der Waals surface area contributed by atoms with Crippen molar-refractivity contribution in [1.82, 2.24) is 0 Å². The van der Waals surface area contributed by atoms with E-state index in [4.69, 9.17) is 9.47 Å². The predicted octanol–water partition coefficient (Wildman–Crippen LogP) is 3.48. The monoisotopic (exact) mass is 272 g/mol. The van der Waals surface area contributed by atoms with Crippen LogP contribution in [-0.2, 0) is 19.1 Å². The molecule has 4 heteroatoms. The van der Waals surface area contributed by atoms with E-state index in [1.54, 1.807) is 0 Å². The van der Waals surface area contributed by atoms with Crippen molar-refractivity contribution in [2.45, 2.75) is 66.2 Å². The van der Waals surface area contributed by atoms with Gasteiger partial charge in [-0.2, -0.15) is 0 Å². The fraction of sp³-hybridized carbons (Fsp3) is 0.867. The molecule has 0 aliphatic rings. The third-order valence-corrected chi connectivity index (χ3v) is 3.07. The highest BCUT2D eigenvalue weighted by Gasteiger charge is 2.28. The molecule has 112 valence electrons. The highest BCUT2D eigenvalue weighted by atomic mass is 16.5. The molecule has 0 bridgehead atoms. The van der Waals surface area contributed by atoms with Gasteiger partial charge in [0.15, 0.2) is 0 Å². The molecule has 0 amide bonds. The van der Waals surface area contributed by atoms with E-state index in [1.165, 1.54) is 0 Å². The molecule has 0 aromatic heterocycles. The first-order valence-electron chi connectivity index (χ1n) is 7.27. The lowest BCUT2D eigenvalue weighted by atomic mass is 9.87. The van der Waals surface area contributed by atoms with E-state index in [1.807, 2.05) is 27.7 Å². The van der Waals surface area contributed by atoms with Crippen LogP contribution in [0.5, 0.6) is 0 Å². The molecule has 19 heavy (non-hydrogen) atoms. The molecule has 0 heterocycles. The quantitative estimate of drug-likeness (QED) is 0.451. The predicted molar refractivity (Wildman–Crippen MR) is 74.7 cm³/mol. The Balaban J connectivity index is 3.63. The largest absolute Gasteiger partial charge is 0.466 e. The van der Waals surface area contributed by atoms with Crippen LogP contribution in [0.15, 0.2) is 0 Å². The van der Waals surface area contributed by atoms with E-state index in [-0.39, 0.29) is 11.9 Å². The second kappa shape index (κ2) is 9.82. The van der Waals surface area contributed by atoms with Crippen molar-refractivity contribution >= 4 is 11.9 Å². The van der Waals surface area contributed by atoms with Crippen LogP contribution in [0.25, 0.3) is 0 Å². The third kappa shape index (κ3) is 8.62. The standard InChI is InChI=1S/C15H28O4/c1-5-18-13(16)11-9-7-8-10-12-15(3,4)14(17)19-6-2/h5-12H2,1-4H3. The number of esters is 2. The van der Waals surface area contributed by atoms with Crippen LogP contribution >= 0.6 is 0 Å². The molecule has 0 rings (SSSR count). The molecular formula is C15H28O4. The van der Waals surface area contributed by atoms with Crippen molar-refractivity contribution < 1.29 is 19.1 Å². The Morgan fingerprint density at radius 2 is 1.47 bits per heavy atom. The van der Waals surface area contributed by atoms with Gasteiger partial charge in [-0.15, -0.1) is 0 Å². The van der Waals surface area contributed by atoms with E-state index in [9.17, 15) is 9.59 Å². The number of hydrogen-bond donors (Lipinski definition) is 0. The van der Waals surface area contributed by atoms with Gasteiger partial charge in [0.05, 0.1) is 18.6 Å². The molecule has 0 spiro atoms. The Bertz CT molecular complexity index is 271. The van der Waals surface area contributed by atoms with Crippen molar-refractivity contribution in [3.63, 3.8) is 0 Å². The fourth-order valence-electron chi connectivity index (χ4n) is 1.85. The summed E-state index contributed by atoms with van der Waals surface area (Å²) in [6.07, 6.45) is 5.19. The Morgan fingerprint density at radius 1 is 0.895 bits per heavy atom. The summed E-state index contributed by atoms with van der Waals surface area (Å²) < 4.78 is 9.90. The third-order valence-electron chi connectivity index (χ3n) is 3.07. The molecule has 0 aromatic carbocycles. The number of carbonyl (C=O) groups is 2. The summed E-state index contributed by atoms with van der Waals surface area (Å²) in [5.74, 6) is -0.240. The van der Waals surface area contributed by atoms with E-state index in [2.05, 4.69) is 0 Å². The minimum Gasteiger partial charge on any atom is -0.466 e. The van der Waals surface area contributed by atoms with Crippen LogP contribution in [0.2, 0.25) is 0 Å². The summed E-state index contributed by atoms with van der Waals surface area (Å²) in [7, 11) is 0. The highest BCUT2D eigenvalue weighted by Crippen LogP contribution is 2.25. The van der Waals surface area contributed by atoms with Crippen molar-refractivity contribution in [3.05, 3.63) is 0 Å². The van der Waals surface area contributed by atoms with Gasteiger partial charge >= 0.3 is 11.9 Å². The molecule has 0 atom stereocenters. The van der Waals surface area contributed by atoms with Crippen LogP contribution in [0.3, 0.4) is 0 Å². The Labute approximate surface area is 116 Å². The lowest BCUT2D eigenvalue weighted by Gasteiger charge is -2.21. The van der Waals surface area contributed by atoms with Gasteiger partial charge in [-0.05, 0) is 40.5 Å². The van der Waals surface area contributed by atoms with Crippen LogP contribution in [0.1, 0.15) is 66.2 Å². The summed E-state index contributed by atoms with van der Waals surface area (Å²) in [6.45, 7) is 8.36. The van der Waals surface area contributed by atoms with Crippen molar-refractivity contribution in [2.24, 2.45) is 5.41 Å². The van der Waals surface area contributed by atoms with E-state index < -0.39 is 5.41 Å². The number of carbonyl (C=O) groups excluding carboxylic acids is 2. The van der Waals surface area contributed by atoms with Gasteiger partial charge in [0.2, 0.25) is 0 Å². The maximum atomic E-state index is 11.7. The lowest BCUT2D eigenvalue weighted by Crippen LogP contribution is -2.26. The second-order valence-electron chi connectivity index (χ2n) is 5.32. The average molecular weight is 272 g/mol. The minimum absolute atomic E-state index is 0.116. The summed E-state index contributed by atoms with van der Waals surface area (Å²) in [6, 6.07) is 0. The lowest BCUT2D eigenvalue weighted by molar-refractivity contribution is -0.153. The van der Waals surface area contributed by atoms with Gasteiger partial charge in [-0.3, -0.25) is 9.59 Å². The molecule has 0 unspecified atom stereocenters. The summed E-state index contributed by atoms with van der Waals surface area (Å²) in [5, 5.41) is 0. The van der Waals surface area contributed by atoms with Gasteiger partial charge in [0.1, 0.15) is 0 Å². The fourth-order valence-corrected chi connectivity index (χ4v) is 1.85. The number of ether oxygens (including phenoxy) is 2. The minimum atomic E-state index is -0.406. The van der Waals surface area contributed by atoms with Gasteiger partial charge in [-0.1, -0.05) is 19.3 Å². The Kier molecular flexibility index (Phi) is 9.27. The van der Waals surface area contributed by atoms with Crippen molar-refractivity contribution in [1.29, 1.82) is 0 Å². The number of unbranched alkanes of at least 4 members (excludes halogenated alkanes) is 3. The maximum absolute atomic E-state index is 11.7. The maximum Gasteiger partial charge on any atom is 0.311 e. The first-order valence-corrected chi connectivity index (χ1v) is 7.27. The van der Waals surface area contributed by atoms with Gasteiger partial charge in [0, 0.05) is 6.42 Å². The molecular weight excluding hydrogens is 244 g/mol.